The first-order valence-electron chi connectivity index (χ1n) is 18.3. The monoisotopic (exact) mass is 699 g/mol. The summed E-state index contributed by atoms with van der Waals surface area (Å²) in [4.78, 5) is 0. The number of nitrogens with zero attached hydrogens (tertiary/aromatic N) is 5. The van der Waals surface area contributed by atoms with E-state index in [0.717, 1.165) is 61.0 Å². The van der Waals surface area contributed by atoms with Crippen LogP contribution in [0.4, 0.5) is 0 Å². The fourth-order valence-electron chi connectivity index (χ4n) is 8.77. The molecule has 254 valence electrons. The summed E-state index contributed by atoms with van der Waals surface area (Å²) < 4.78 is 7.02. The van der Waals surface area contributed by atoms with Crippen molar-refractivity contribution in [1.29, 1.82) is 10.5 Å². The van der Waals surface area contributed by atoms with E-state index in [2.05, 4.69) is 153 Å². The summed E-state index contributed by atoms with van der Waals surface area (Å²) in [5.41, 5.74) is 13.0. The summed E-state index contributed by atoms with van der Waals surface area (Å²) >= 11 is 0. The first kappa shape index (κ1) is 30.7. The third kappa shape index (κ3) is 4.45. The third-order valence-electron chi connectivity index (χ3n) is 11.1. The van der Waals surface area contributed by atoms with Crippen molar-refractivity contribution in [1.82, 2.24) is 13.7 Å². The second kappa shape index (κ2) is 11.8. The van der Waals surface area contributed by atoms with Gasteiger partial charge in [-0.05, 0) is 90.5 Å². The van der Waals surface area contributed by atoms with E-state index in [9.17, 15) is 10.5 Å². The van der Waals surface area contributed by atoms with Gasteiger partial charge in [0.05, 0.1) is 67.7 Å². The fraction of sp³-hybridized carbons (Fsp3) is 0. The Labute approximate surface area is 316 Å². The maximum Gasteiger partial charge on any atom is 0.0991 e. The average Bonchev–Trinajstić information content (AvgIpc) is 3.89. The lowest BCUT2D eigenvalue weighted by Crippen LogP contribution is -1.99. The number of para-hydroxylation sites is 4. The summed E-state index contributed by atoms with van der Waals surface area (Å²) in [7, 11) is 0. The minimum absolute atomic E-state index is 0.593. The molecule has 0 saturated heterocycles. The Bertz CT molecular complexity index is 3400. The molecule has 0 amide bonds. The SMILES string of the molecule is N#Cc1ccc(-n2c3ccccc3c3cc(C#N)ccc32)c(-c2ccc(-n3c4ccccc4c4c(-n5c6ccccc6c6ccccc65)cccc43)cc2)c1. The van der Waals surface area contributed by atoms with Crippen molar-refractivity contribution in [2.24, 2.45) is 0 Å². The predicted molar refractivity (Wildman–Crippen MR) is 224 cm³/mol. The largest absolute Gasteiger partial charge is 0.309 e. The van der Waals surface area contributed by atoms with Crippen molar-refractivity contribution in [3.05, 3.63) is 187 Å². The lowest BCUT2D eigenvalue weighted by molar-refractivity contribution is 1.16. The molecule has 0 aliphatic carbocycles. The number of hydrogen-bond donors (Lipinski definition) is 0. The van der Waals surface area contributed by atoms with Crippen LogP contribution < -0.4 is 0 Å². The van der Waals surface area contributed by atoms with Crippen LogP contribution in [0.15, 0.2) is 176 Å². The molecule has 0 fully saturated rings. The average molecular weight is 700 g/mol. The van der Waals surface area contributed by atoms with Gasteiger partial charge in [0.2, 0.25) is 0 Å². The van der Waals surface area contributed by atoms with Gasteiger partial charge < -0.3 is 13.7 Å². The summed E-state index contributed by atoms with van der Waals surface area (Å²) in [5, 5.41) is 26.7. The van der Waals surface area contributed by atoms with Gasteiger partial charge in [-0.25, -0.2) is 0 Å². The second-order valence-corrected chi connectivity index (χ2v) is 14.0. The van der Waals surface area contributed by atoms with Gasteiger partial charge in [0.15, 0.2) is 0 Å². The zero-order valence-corrected chi connectivity index (χ0v) is 29.5. The predicted octanol–water partition coefficient (Wildman–Crippen LogP) is 12.4. The summed E-state index contributed by atoms with van der Waals surface area (Å²) in [5.74, 6) is 0. The maximum atomic E-state index is 10.0. The highest BCUT2D eigenvalue weighted by molar-refractivity contribution is 6.16. The molecule has 3 aromatic heterocycles. The number of aromatic nitrogens is 3. The zero-order chi connectivity index (χ0) is 36.6. The summed E-state index contributed by atoms with van der Waals surface area (Å²) in [6.45, 7) is 0. The molecule has 55 heavy (non-hydrogen) atoms. The van der Waals surface area contributed by atoms with E-state index in [1.807, 2.05) is 48.5 Å². The van der Waals surface area contributed by atoms with Gasteiger partial charge in [0, 0.05) is 43.6 Å². The lowest BCUT2D eigenvalue weighted by atomic mass is 10.00. The molecule has 0 aliphatic rings. The van der Waals surface area contributed by atoms with Crippen LogP contribution in [0.2, 0.25) is 0 Å². The first-order valence-corrected chi connectivity index (χ1v) is 18.3. The van der Waals surface area contributed by atoms with Crippen molar-refractivity contribution >= 4 is 65.4 Å². The minimum atomic E-state index is 0.593. The lowest BCUT2D eigenvalue weighted by Gasteiger charge is -2.16. The highest BCUT2D eigenvalue weighted by Crippen LogP contribution is 2.41. The number of rotatable bonds is 4. The number of nitriles is 2. The Morgan fingerprint density at radius 2 is 0.836 bits per heavy atom. The maximum absolute atomic E-state index is 10.0. The molecule has 0 radical (unpaired) electrons. The van der Waals surface area contributed by atoms with Crippen molar-refractivity contribution < 1.29 is 0 Å². The highest BCUT2D eigenvalue weighted by Gasteiger charge is 2.20. The van der Waals surface area contributed by atoms with Crippen molar-refractivity contribution in [3.63, 3.8) is 0 Å². The molecule has 0 bridgehead atoms. The van der Waals surface area contributed by atoms with Gasteiger partial charge in [0.1, 0.15) is 0 Å². The van der Waals surface area contributed by atoms with E-state index in [1.165, 1.54) is 32.6 Å². The van der Waals surface area contributed by atoms with Crippen LogP contribution in [0, 0.1) is 22.7 Å². The Hall–Kier alpha value is -7.86. The molecule has 11 rings (SSSR count). The smallest absolute Gasteiger partial charge is 0.0991 e. The number of fused-ring (bicyclic) bond motifs is 9. The van der Waals surface area contributed by atoms with Crippen molar-refractivity contribution in [3.8, 4) is 40.3 Å². The topological polar surface area (TPSA) is 62.4 Å². The van der Waals surface area contributed by atoms with Crippen LogP contribution in [-0.2, 0) is 0 Å². The number of hydrogen-bond acceptors (Lipinski definition) is 2. The standard InChI is InChI=1S/C50H29N5/c51-30-32-20-26-46(54-44-16-7-3-12-38(44)41-29-33(31-52)21-27-47(41)54)40(28-32)34-22-24-35(25-23-34)53-45-17-8-4-13-39(45)50-48(53)18-9-19-49(50)55-42-14-5-1-10-36(42)37-11-2-6-15-43(37)55/h1-29H. The number of benzene rings is 8. The Morgan fingerprint density at radius 3 is 1.47 bits per heavy atom. The van der Waals surface area contributed by atoms with Crippen LogP contribution in [-0.4, -0.2) is 13.7 Å². The molecular weight excluding hydrogens is 671 g/mol. The molecule has 3 heterocycles. The van der Waals surface area contributed by atoms with Gasteiger partial charge in [-0.1, -0.05) is 91.0 Å². The summed E-state index contributed by atoms with van der Waals surface area (Å²) in [6, 6.07) is 66.0. The van der Waals surface area contributed by atoms with Gasteiger partial charge >= 0.3 is 0 Å². The summed E-state index contributed by atoms with van der Waals surface area (Å²) in [6.07, 6.45) is 0. The Morgan fingerprint density at radius 1 is 0.345 bits per heavy atom. The molecule has 0 spiro atoms. The van der Waals surface area contributed by atoms with Gasteiger partial charge in [0.25, 0.3) is 0 Å². The van der Waals surface area contributed by atoms with E-state index >= 15 is 0 Å². The van der Waals surface area contributed by atoms with Crippen molar-refractivity contribution in [2.45, 2.75) is 0 Å². The van der Waals surface area contributed by atoms with Gasteiger partial charge in [-0.2, -0.15) is 10.5 Å². The van der Waals surface area contributed by atoms with Crippen LogP contribution in [0.1, 0.15) is 11.1 Å². The van der Waals surface area contributed by atoms with E-state index in [4.69, 9.17) is 0 Å². The molecule has 8 aromatic carbocycles. The van der Waals surface area contributed by atoms with Crippen LogP contribution in [0.3, 0.4) is 0 Å². The van der Waals surface area contributed by atoms with Gasteiger partial charge in [-0.3, -0.25) is 0 Å². The normalized spacial score (nSPS) is 11.6. The third-order valence-corrected chi connectivity index (χ3v) is 11.1. The second-order valence-electron chi connectivity index (χ2n) is 14.0. The minimum Gasteiger partial charge on any atom is -0.309 e. The Balaban J connectivity index is 1.11. The van der Waals surface area contributed by atoms with Crippen LogP contribution >= 0.6 is 0 Å². The molecule has 5 nitrogen and oxygen atoms in total. The Kier molecular flexibility index (Phi) is 6.61. The molecule has 0 unspecified atom stereocenters. The fourth-order valence-corrected chi connectivity index (χ4v) is 8.77. The molecular formula is C50H29N5. The van der Waals surface area contributed by atoms with Gasteiger partial charge in [-0.15, -0.1) is 0 Å². The molecule has 5 heteroatoms. The van der Waals surface area contributed by atoms with Crippen LogP contribution in [0.25, 0.3) is 93.6 Å². The molecule has 0 saturated carbocycles. The van der Waals surface area contributed by atoms with E-state index in [-0.39, 0.29) is 0 Å². The van der Waals surface area contributed by atoms with Crippen LogP contribution in [0.5, 0.6) is 0 Å². The zero-order valence-electron chi connectivity index (χ0n) is 29.5. The van der Waals surface area contributed by atoms with E-state index < -0.39 is 0 Å². The molecule has 11 aromatic rings. The van der Waals surface area contributed by atoms with Crippen molar-refractivity contribution in [2.75, 3.05) is 0 Å². The quantitative estimate of drug-likeness (QED) is 0.184. The molecule has 0 N–H and O–H groups in total. The molecule has 0 atom stereocenters. The van der Waals surface area contributed by atoms with E-state index in [0.29, 0.717) is 11.1 Å². The van der Waals surface area contributed by atoms with E-state index in [1.54, 1.807) is 0 Å². The highest BCUT2D eigenvalue weighted by atomic mass is 15.0. The first-order chi connectivity index (χ1) is 27.2. The molecule has 0 aliphatic heterocycles.